The highest BCUT2D eigenvalue weighted by Gasteiger charge is 2.55. The monoisotopic (exact) mass is 276 g/mol. The van der Waals surface area contributed by atoms with Crippen molar-refractivity contribution in [2.75, 3.05) is 0 Å². The number of fused-ring (bicyclic) bond motifs is 6. The van der Waals surface area contributed by atoms with Crippen molar-refractivity contribution in [3.8, 4) is 5.75 Å². The van der Waals surface area contributed by atoms with Crippen LogP contribution in [0.25, 0.3) is 16.8 Å². The molecule has 1 spiro atoms. The van der Waals surface area contributed by atoms with Gasteiger partial charge >= 0.3 is 0 Å². The molecule has 1 nitrogen and oxygen atoms in total. The molecule has 21 heavy (non-hydrogen) atoms. The third-order valence-electron chi connectivity index (χ3n) is 6.04. The van der Waals surface area contributed by atoms with Crippen molar-refractivity contribution < 1.29 is 4.74 Å². The van der Waals surface area contributed by atoms with E-state index in [2.05, 4.69) is 49.4 Å². The van der Waals surface area contributed by atoms with E-state index in [0.29, 0.717) is 0 Å². The zero-order valence-electron chi connectivity index (χ0n) is 12.4. The summed E-state index contributed by atoms with van der Waals surface area (Å²) >= 11 is 0. The Morgan fingerprint density at radius 3 is 2.81 bits per heavy atom. The summed E-state index contributed by atoms with van der Waals surface area (Å²) < 4.78 is 6.67. The van der Waals surface area contributed by atoms with Gasteiger partial charge in [0.1, 0.15) is 11.4 Å². The third-order valence-corrected chi connectivity index (χ3v) is 6.04. The lowest BCUT2D eigenvalue weighted by Crippen LogP contribution is -2.44. The van der Waals surface area contributed by atoms with Crippen molar-refractivity contribution in [2.45, 2.75) is 38.2 Å². The first-order valence-corrected chi connectivity index (χ1v) is 8.16. The molecule has 0 radical (unpaired) electrons. The molecule has 5 rings (SSSR count). The molecule has 0 N–H and O–H groups in total. The van der Waals surface area contributed by atoms with Crippen molar-refractivity contribution in [2.24, 2.45) is 11.8 Å². The van der Waals surface area contributed by atoms with Crippen molar-refractivity contribution in [1.82, 2.24) is 0 Å². The summed E-state index contributed by atoms with van der Waals surface area (Å²) in [5.74, 6) is 2.71. The van der Waals surface area contributed by atoms with Crippen LogP contribution in [0.15, 0.2) is 42.0 Å². The Labute approximate surface area is 125 Å². The standard InChI is InChI=1S/C20H20O/c1-13-10-18-17-5-3-2-4-15(17)7-9-19(18)21-20(13)12-14-6-8-16(20)11-14/h2-5,7,9-10,14,16H,6,8,11-12H2,1H3. The van der Waals surface area contributed by atoms with Gasteiger partial charge in [-0.25, -0.2) is 0 Å². The minimum Gasteiger partial charge on any atom is -0.482 e. The highest BCUT2D eigenvalue weighted by molar-refractivity contribution is 5.94. The van der Waals surface area contributed by atoms with E-state index in [1.807, 2.05) is 0 Å². The van der Waals surface area contributed by atoms with Crippen molar-refractivity contribution in [1.29, 1.82) is 0 Å². The number of benzene rings is 2. The Bertz CT molecular complexity index is 773. The van der Waals surface area contributed by atoms with Crippen LogP contribution in [0.3, 0.4) is 0 Å². The molecule has 2 bridgehead atoms. The molecule has 2 saturated carbocycles. The van der Waals surface area contributed by atoms with Crippen LogP contribution in [0, 0.1) is 11.8 Å². The van der Waals surface area contributed by atoms with E-state index in [1.165, 1.54) is 47.6 Å². The summed E-state index contributed by atoms with van der Waals surface area (Å²) in [4.78, 5) is 0. The van der Waals surface area contributed by atoms with E-state index in [4.69, 9.17) is 4.74 Å². The van der Waals surface area contributed by atoms with E-state index in [-0.39, 0.29) is 5.60 Å². The Hall–Kier alpha value is -1.76. The summed E-state index contributed by atoms with van der Waals surface area (Å²) in [6.45, 7) is 2.28. The summed E-state index contributed by atoms with van der Waals surface area (Å²) in [6.07, 6.45) is 7.76. The van der Waals surface area contributed by atoms with Crippen molar-refractivity contribution in [3.05, 3.63) is 47.5 Å². The van der Waals surface area contributed by atoms with E-state index >= 15 is 0 Å². The second-order valence-electron chi connectivity index (χ2n) is 7.10. The first-order chi connectivity index (χ1) is 10.3. The van der Waals surface area contributed by atoms with E-state index in [0.717, 1.165) is 17.6 Å². The highest BCUT2D eigenvalue weighted by Crippen LogP contribution is 2.57. The molecule has 2 aliphatic carbocycles. The van der Waals surface area contributed by atoms with Gasteiger partial charge in [0.15, 0.2) is 0 Å². The largest absolute Gasteiger partial charge is 0.482 e. The lowest BCUT2D eigenvalue weighted by Gasteiger charge is -2.42. The number of hydrogen-bond acceptors (Lipinski definition) is 1. The Morgan fingerprint density at radius 1 is 1.10 bits per heavy atom. The van der Waals surface area contributed by atoms with Gasteiger partial charge in [0, 0.05) is 11.5 Å². The van der Waals surface area contributed by atoms with E-state index in [9.17, 15) is 0 Å². The lowest BCUT2D eigenvalue weighted by atomic mass is 9.76. The van der Waals surface area contributed by atoms with Gasteiger partial charge in [-0.2, -0.15) is 0 Å². The summed E-state index contributed by atoms with van der Waals surface area (Å²) in [5, 5.41) is 2.61. The van der Waals surface area contributed by atoms with Crippen LogP contribution in [0.1, 0.15) is 38.2 Å². The van der Waals surface area contributed by atoms with Crippen LogP contribution < -0.4 is 4.74 Å². The molecule has 3 aliphatic rings. The number of ether oxygens (including phenoxy) is 1. The molecule has 0 amide bonds. The molecule has 1 heterocycles. The molecular weight excluding hydrogens is 256 g/mol. The second-order valence-corrected chi connectivity index (χ2v) is 7.10. The Kier molecular flexibility index (Phi) is 2.21. The van der Waals surface area contributed by atoms with Crippen LogP contribution in [-0.2, 0) is 0 Å². The molecule has 0 saturated heterocycles. The van der Waals surface area contributed by atoms with Crippen LogP contribution >= 0.6 is 0 Å². The fourth-order valence-corrected chi connectivity index (χ4v) is 5.02. The SMILES string of the molecule is CC1=Cc2c(ccc3ccccc23)OC12CC1CCC2C1. The Morgan fingerprint density at radius 2 is 2.00 bits per heavy atom. The average Bonchev–Trinajstić information content (AvgIpc) is 3.10. The first-order valence-electron chi connectivity index (χ1n) is 8.16. The van der Waals surface area contributed by atoms with Gasteiger partial charge in [-0.1, -0.05) is 30.3 Å². The van der Waals surface area contributed by atoms with E-state index < -0.39 is 0 Å². The van der Waals surface area contributed by atoms with Crippen LogP contribution in [0.5, 0.6) is 5.75 Å². The minimum atomic E-state index is 0.0123. The topological polar surface area (TPSA) is 9.23 Å². The zero-order valence-corrected chi connectivity index (χ0v) is 12.4. The van der Waals surface area contributed by atoms with Gasteiger partial charge in [0.25, 0.3) is 0 Å². The normalized spacial score (nSPS) is 33.1. The van der Waals surface area contributed by atoms with Gasteiger partial charge in [0.2, 0.25) is 0 Å². The quantitative estimate of drug-likeness (QED) is 0.643. The molecule has 106 valence electrons. The summed E-state index contributed by atoms with van der Waals surface area (Å²) in [6, 6.07) is 13.0. The smallest absolute Gasteiger partial charge is 0.133 e. The van der Waals surface area contributed by atoms with Gasteiger partial charge < -0.3 is 4.74 Å². The lowest BCUT2D eigenvalue weighted by molar-refractivity contribution is 0.0465. The maximum absolute atomic E-state index is 6.67. The predicted molar refractivity (Wildman–Crippen MR) is 86.4 cm³/mol. The minimum absolute atomic E-state index is 0.0123. The molecule has 0 aromatic heterocycles. The second kappa shape index (κ2) is 3.91. The molecule has 3 atom stereocenters. The number of hydrogen-bond donors (Lipinski definition) is 0. The maximum atomic E-state index is 6.67. The van der Waals surface area contributed by atoms with Crippen molar-refractivity contribution in [3.63, 3.8) is 0 Å². The predicted octanol–water partition coefficient (Wildman–Crippen LogP) is 5.19. The molecule has 1 heteroatoms. The number of rotatable bonds is 0. The van der Waals surface area contributed by atoms with Gasteiger partial charge in [-0.15, -0.1) is 0 Å². The maximum Gasteiger partial charge on any atom is 0.133 e. The fraction of sp³-hybridized carbons (Fsp3) is 0.400. The van der Waals surface area contributed by atoms with Gasteiger partial charge in [-0.05, 0) is 67.0 Å². The fourth-order valence-electron chi connectivity index (χ4n) is 5.02. The summed E-state index contributed by atoms with van der Waals surface area (Å²) in [7, 11) is 0. The third kappa shape index (κ3) is 1.47. The van der Waals surface area contributed by atoms with Crippen LogP contribution in [0.2, 0.25) is 0 Å². The van der Waals surface area contributed by atoms with E-state index in [1.54, 1.807) is 0 Å². The molecule has 2 aromatic carbocycles. The molecule has 2 fully saturated rings. The zero-order chi connectivity index (χ0) is 14.0. The molecule has 3 unspecified atom stereocenters. The van der Waals surface area contributed by atoms with Gasteiger partial charge in [-0.3, -0.25) is 0 Å². The van der Waals surface area contributed by atoms with Crippen LogP contribution in [-0.4, -0.2) is 5.60 Å². The van der Waals surface area contributed by atoms with Crippen LogP contribution in [0.4, 0.5) is 0 Å². The molecular formula is C20H20O. The molecule has 1 aliphatic heterocycles. The molecule has 2 aromatic rings. The average molecular weight is 276 g/mol. The van der Waals surface area contributed by atoms with Crippen molar-refractivity contribution >= 4 is 16.8 Å². The van der Waals surface area contributed by atoms with Gasteiger partial charge in [0.05, 0.1) is 0 Å². The summed E-state index contributed by atoms with van der Waals surface area (Å²) in [5.41, 5.74) is 2.73. The first kappa shape index (κ1) is 11.9. The highest BCUT2D eigenvalue weighted by atomic mass is 16.5. The Balaban J connectivity index is 1.71.